The van der Waals surface area contributed by atoms with Crippen LogP contribution < -0.4 is 0 Å². The number of carbonyl (C=O) groups is 2. The summed E-state index contributed by atoms with van der Waals surface area (Å²) < 4.78 is 47.8. The van der Waals surface area contributed by atoms with Gasteiger partial charge in [0.25, 0.3) is 5.91 Å². The molecule has 0 radical (unpaired) electrons. The lowest BCUT2D eigenvalue weighted by Gasteiger charge is -2.23. The SMILES string of the molecule is O=C(OCC1CC1)c1ncn2c1[C@@H]1CCCN1C(=O)c1c-2cccc1C(F)(F)F. The first-order chi connectivity index (χ1) is 13.9. The molecular weight excluding hydrogens is 387 g/mol. The van der Waals surface area contributed by atoms with Crippen molar-refractivity contribution in [3.8, 4) is 5.69 Å². The molecule has 0 unspecified atom stereocenters. The molecule has 1 saturated carbocycles. The molecule has 1 atom stereocenters. The normalized spacial score (nSPS) is 20.7. The van der Waals surface area contributed by atoms with Crippen LogP contribution in [-0.2, 0) is 10.9 Å². The Labute approximate surface area is 164 Å². The van der Waals surface area contributed by atoms with E-state index in [1.807, 2.05) is 0 Å². The molecule has 1 aromatic heterocycles. The number of amides is 1. The van der Waals surface area contributed by atoms with Gasteiger partial charge in [0.2, 0.25) is 0 Å². The van der Waals surface area contributed by atoms with E-state index >= 15 is 0 Å². The second-order valence-corrected chi connectivity index (χ2v) is 7.74. The number of hydrogen-bond acceptors (Lipinski definition) is 4. The third kappa shape index (κ3) is 2.90. The first-order valence-corrected chi connectivity index (χ1v) is 9.62. The minimum absolute atomic E-state index is 0.0700. The smallest absolute Gasteiger partial charge is 0.417 e. The molecule has 2 aliphatic heterocycles. The van der Waals surface area contributed by atoms with Crippen LogP contribution in [0.5, 0.6) is 0 Å². The summed E-state index contributed by atoms with van der Waals surface area (Å²) in [6, 6.07) is 3.12. The molecular formula is C20H18F3N3O3. The molecule has 1 aliphatic carbocycles. The number of carbonyl (C=O) groups excluding carboxylic acids is 2. The highest BCUT2D eigenvalue weighted by Crippen LogP contribution is 2.43. The van der Waals surface area contributed by atoms with Crippen LogP contribution in [0.4, 0.5) is 13.2 Å². The zero-order valence-corrected chi connectivity index (χ0v) is 15.4. The number of esters is 1. The van der Waals surface area contributed by atoms with Crippen LogP contribution in [0.1, 0.15) is 63.8 Å². The first kappa shape index (κ1) is 18.2. The van der Waals surface area contributed by atoms with Gasteiger partial charge in [-0.25, -0.2) is 9.78 Å². The number of nitrogens with zero attached hydrogens (tertiary/aromatic N) is 3. The zero-order chi connectivity index (χ0) is 20.3. The zero-order valence-electron chi connectivity index (χ0n) is 15.4. The number of ether oxygens (including phenoxy) is 1. The van der Waals surface area contributed by atoms with Crippen LogP contribution in [0.2, 0.25) is 0 Å². The fourth-order valence-electron chi connectivity index (χ4n) is 4.21. The Morgan fingerprint density at radius 3 is 2.76 bits per heavy atom. The van der Waals surface area contributed by atoms with Crippen molar-refractivity contribution in [1.29, 1.82) is 0 Å². The highest BCUT2D eigenvalue weighted by molar-refractivity contribution is 6.01. The molecule has 29 heavy (non-hydrogen) atoms. The Hall–Kier alpha value is -2.84. The number of fused-ring (bicyclic) bond motifs is 5. The minimum atomic E-state index is -4.67. The minimum Gasteiger partial charge on any atom is -0.461 e. The van der Waals surface area contributed by atoms with Gasteiger partial charge in [0.1, 0.15) is 6.33 Å². The molecule has 1 aromatic carbocycles. The van der Waals surface area contributed by atoms with Crippen molar-refractivity contribution >= 4 is 11.9 Å². The molecule has 0 bridgehead atoms. The highest BCUT2D eigenvalue weighted by atomic mass is 19.4. The average molecular weight is 405 g/mol. The molecule has 3 aliphatic rings. The largest absolute Gasteiger partial charge is 0.461 e. The van der Waals surface area contributed by atoms with Gasteiger partial charge in [-0.3, -0.25) is 9.36 Å². The van der Waals surface area contributed by atoms with Crippen molar-refractivity contribution in [3.05, 3.63) is 47.0 Å². The summed E-state index contributed by atoms with van der Waals surface area (Å²) in [4.78, 5) is 31.4. The number of aromatic nitrogens is 2. The Bertz CT molecular complexity index is 1010. The third-order valence-electron chi connectivity index (χ3n) is 5.80. The van der Waals surface area contributed by atoms with Crippen molar-refractivity contribution in [3.63, 3.8) is 0 Å². The number of hydrogen-bond donors (Lipinski definition) is 0. The van der Waals surface area contributed by atoms with Crippen LogP contribution in [0.15, 0.2) is 24.5 Å². The van der Waals surface area contributed by atoms with E-state index in [4.69, 9.17) is 4.74 Å². The average Bonchev–Trinajstić information content (AvgIpc) is 3.23. The highest BCUT2D eigenvalue weighted by Gasteiger charge is 2.45. The maximum atomic E-state index is 13.6. The maximum Gasteiger partial charge on any atom is 0.417 e. The van der Waals surface area contributed by atoms with Gasteiger partial charge in [0.15, 0.2) is 5.69 Å². The quantitative estimate of drug-likeness (QED) is 0.730. The van der Waals surface area contributed by atoms with Crippen molar-refractivity contribution in [1.82, 2.24) is 14.5 Å². The fourth-order valence-corrected chi connectivity index (χ4v) is 4.21. The summed E-state index contributed by atoms with van der Waals surface area (Å²) >= 11 is 0. The summed E-state index contributed by atoms with van der Waals surface area (Å²) in [5, 5.41) is 0. The Morgan fingerprint density at radius 1 is 1.24 bits per heavy atom. The topological polar surface area (TPSA) is 64.4 Å². The van der Waals surface area contributed by atoms with Gasteiger partial charge in [-0.05, 0) is 43.7 Å². The Morgan fingerprint density at radius 2 is 2.03 bits per heavy atom. The standard InChI is InChI=1S/C20H18F3N3O3/c21-20(22,23)12-3-1-4-13-15(12)18(27)25-8-2-5-14(25)17-16(24-10-26(13)17)19(28)29-9-11-6-7-11/h1,3-4,10-11,14H,2,5-9H2/t14-/m0/s1. The predicted molar refractivity (Wildman–Crippen MR) is 94.6 cm³/mol. The lowest BCUT2D eigenvalue weighted by molar-refractivity contribution is -0.138. The number of imidazole rings is 1. The molecule has 0 N–H and O–H groups in total. The molecule has 5 rings (SSSR count). The lowest BCUT2D eigenvalue weighted by Crippen LogP contribution is -2.31. The molecule has 0 spiro atoms. The van der Waals surface area contributed by atoms with Crippen molar-refractivity contribution in [2.75, 3.05) is 13.2 Å². The molecule has 2 fully saturated rings. The number of halogens is 3. The van der Waals surface area contributed by atoms with Crippen molar-refractivity contribution < 1.29 is 27.5 Å². The van der Waals surface area contributed by atoms with E-state index < -0.39 is 35.2 Å². The summed E-state index contributed by atoms with van der Waals surface area (Å²) in [5.74, 6) is -0.892. The number of rotatable bonds is 3. The predicted octanol–water partition coefficient (Wildman–Crippen LogP) is 3.75. The van der Waals surface area contributed by atoms with E-state index in [0.717, 1.165) is 18.9 Å². The summed E-state index contributed by atoms with van der Waals surface area (Å²) in [5.41, 5.74) is -0.802. The van der Waals surface area contributed by atoms with Gasteiger partial charge in [0, 0.05) is 6.54 Å². The van der Waals surface area contributed by atoms with Gasteiger partial charge in [-0.15, -0.1) is 0 Å². The maximum absolute atomic E-state index is 13.6. The molecule has 3 heterocycles. The van der Waals surface area contributed by atoms with Gasteiger partial charge < -0.3 is 9.64 Å². The van der Waals surface area contributed by atoms with Crippen LogP contribution in [0.3, 0.4) is 0 Å². The Kier molecular flexibility index (Phi) is 3.97. The number of alkyl halides is 3. The summed E-state index contributed by atoms with van der Waals surface area (Å²) in [6.45, 7) is 0.643. The van der Waals surface area contributed by atoms with Gasteiger partial charge in [-0.1, -0.05) is 6.07 Å². The molecule has 6 nitrogen and oxygen atoms in total. The second kappa shape index (κ2) is 6.33. The van der Waals surface area contributed by atoms with Crippen molar-refractivity contribution in [2.45, 2.75) is 37.9 Å². The fraction of sp³-hybridized carbons (Fsp3) is 0.450. The summed E-state index contributed by atoms with van der Waals surface area (Å²) in [6.07, 6.45) is -0.123. The van der Waals surface area contributed by atoms with Gasteiger partial charge >= 0.3 is 12.1 Å². The van der Waals surface area contributed by atoms with E-state index in [0.29, 0.717) is 37.6 Å². The van der Waals surface area contributed by atoms with Crippen molar-refractivity contribution in [2.24, 2.45) is 5.92 Å². The van der Waals surface area contributed by atoms with E-state index in [1.165, 1.54) is 27.9 Å². The van der Waals surface area contributed by atoms with Crippen LogP contribution >= 0.6 is 0 Å². The third-order valence-corrected chi connectivity index (χ3v) is 5.80. The lowest BCUT2D eigenvalue weighted by atomic mass is 10.0. The van der Waals surface area contributed by atoms with Crippen LogP contribution in [0.25, 0.3) is 5.69 Å². The Balaban J connectivity index is 1.67. The van der Waals surface area contributed by atoms with E-state index in [9.17, 15) is 22.8 Å². The second-order valence-electron chi connectivity index (χ2n) is 7.74. The van der Waals surface area contributed by atoms with Crippen LogP contribution in [-0.4, -0.2) is 39.5 Å². The molecule has 1 amide bonds. The monoisotopic (exact) mass is 405 g/mol. The molecule has 2 aromatic rings. The van der Waals surface area contributed by atoms with Crippen LogP contribution in [0, 0.1) is 5.92 Å². The van der Waals surface area contributed by atoms with E-state index in [2.05, 4.69) is 4.98 Å². The molecule has 1 saturated heterocycles. The first-order valence-electron chi connectivity index (χ1n) is 9.62. The molecule has 9 heteroatoms. The van der Waals surface area contributed by atoms with Gasteiger partial charge in [0.05, 0.1) is 35.2 Å². The summed E-state index contributed by atoms with van der Waals surface area (Å²) in [7, 11) is 0. The number of benzene rings is 1. The van der Waals surface area contributed by atoms with Gasteiger partial charge in [-0.2, -0.15) is 13.2 Å². The van der Waals surface area contributed by atoms with E-state index in [1.54, 1.807) is 0 Å². The van der Waals surface area contributed by atoms with E-state index in [-0.39, 0.29) is 11.4 Å². The molecule has 152 valence electrons.